The number of fused-ring (bicyclic) bond motifs is 1. The first kappa shape index (κ1) is 18.5. The van der Waals surface area contributed by atoms with Crippen molar-refractivity contribution in [2.75, 3.05) is 13.7 Å². The number of hydrogen-bond acceptors (Lipinski definition) is 6. The van der Waals surface area contributed by atoms with E-state index < -0.39 is 12.1 Å². The van der Waals surface area contributed by atoms with Crippen molar-refractivity contribution in [2.45, 2.75) is 20.0 Å². The third-order valence-electron chi connectivity index (χ3n) is 4.00. The van der Waals surface area contributed by atoms with Crippen LogP contribution in [0.4, 0.5) is 0 Å². The number of methoxy groups -OCH3 is 1. The number of carbonyl (C=O) groups is 2. The van der Waals surface area contributed by atoms with Crippen molar-refractivity contribution in [3.63, 3.8) is 0 Å². The van der Waals surface area contributed by atoms with E-state index in [-0.39, 0.29) is 18.1 Å². The topological polar surface area (TPSA) is 71.1 Å². The molecule has 0 fully saturated rings. The number of hydrogen-bond donors (Lipinski definition) is 0. The van der Waals surface area contributed by atoms with Crippen molar-refractivity contribution in [3.05, 3.63) is 59.4 Å². The number of ether oxygens (including phenoxy) is 4. The highest BCUT2D eigenvalue weighted by Gasteiger charge is 2.28. The van der Waals surface area contributed by atoms with Crippen LogP contribution in [0.2, 0.25) is 0 Å². The van der Waals surface area contributed by atoms with E-state index in [9.17, 15) is 9.59 Å². The Kier molecular flexibility index (Phi) is 5.45. The smallest absolute Gasteiger partial charge is 0.347 e. The molecule has 1 aliphatic rings. The summed E-state index contributed by atoms with van der Waals surface area (Å²) in [6.45, 7) is 3.62. The molecule has 0 aromatic heterocycles. The number of para-hydroxylation sites is 1. The van der Waals surface area contributed by atoms with E-state index in [1.807, 2.05) is 24.3 Å². The fraction of sp³-hybridized carbons (Fsp3) is 0.238. The Morgan fingerprint density at radius 3 is 2.74 bits per heavy atom. The molecule has 0 amide bonds. The molecule has 2 aromatic rings. The van der Waals surface area contributed by atoms with Crippen molar-refractivity contribution in [3.8, 4) is 17.2 Å². The van der Waals surface area contributed by atoms with Gasteiger partial charge in [0.2, 0.25) is 5.78 Å². The molecule has 0 radical (unpaired) electrons. The Balaban J connectivity index is 1.81. The maximum atomic E-state index is 12.6. The van der Waals surface area contributed by atoms with Gasteiger partial charge in [-0.1, -0.05) is 18.2 Å². The van der Waals surface area contributed by atoms with Gasteiger partial charge in [-0.25, -0.2) is 4.79 Å². The van der Waals surface area contributed by atoms with Crippen LogP contribution in [-0.4, -0.2) is 31.6 Å². The van der Waals surface area contributed by atoms with E-state index in [4.69, 9.17) is 18.9 Å². The molecule has 3 rings (SSSR count). The van der Waals surface area contributed by atoms with Gasteiger partial charge in [-0.2, -0.15) is 0 Å². The normalized spacial score (nSPS) is 15.1. The van der Waals surface area contributed by atoms with Gasteiger partial charge in [-0.05, 0) is 38.1 Å². The predicted molar refractivity (Wildman–Crippen MR) is 99.1 cm³/mol. The van der Waals surface area contributed by atoms with Crippen LogP contribution in [0.3, 0.4) is 0 Å². The zero-order valence-electron chi connectivity index (χ0n) is 15.4. The van der Waals surface area contributed by atoms with Gasteiger partial charge in [0, 0.05) is 11.6 Å². The summed E-state index contributed by atoms with van der Waals surface area (Å²) in [6.07, 6.45) is 0.881. The minimum Gasteiger partial charge on any atom is -0.496 e. The average Bonchev–Trinajstić information content (AvgIpc) is 2.97. The number of allylic oxidation sites excluding steroid dienone is 1. The van der Waals surface area contributed by atoms with Gasteiger partial charge in [0.25, 0.3) is 0 Å². The summed E-state index contributed by atoms with van der Waals surface area (Å²) in [7, 11) is 1.57. The lowest BCUT2D eigenvalue weighted by molar-refractivity contribution is -0.150. The number of benzene rings is 2. The number of carbonyl (C=O) groups excluding carboxylic acids is 2. The molecule has 1 heterocycles. The van der Waals surface area contributed by atoms with Crippen LogP contribution in [0.5, 0.6) is 17.2 Å². The molecule has 1 atom stereocenters. The summed E-state index contributed by atoms with van der Waals surface area (Å²) in [5, 5.41) is 0. The van der Waals surface area contributed by atoms with Crippen LogP contribution in [0.15, 0.2) is 48.2 Å². The molecule has 0 saturated carbocycles. The molecule has 1 aliphatic heterocycles. The highest BCUT2D eigenvalue weighted by molar-refractivity contribution is 6.14. The second kappa shape index (κ2) is 7.95. The lowest BCUT2D eigenvalue weighted by Gasteiger charge is -2.13. The average molecular weight is 368 g/mol. The van der Waals surface area contributed by atoms with E-state index in [0.717, 1.165) is 5.56 Å². The fourth-order valence-electron chi connectivity index (χ4n) is 2.68. The molecule has 6 heteroatoms. The molecule has 2 aromatic carbocycles. The first-order valence-electron chi connectivity index (χ1n) is 8.58. The van der Waals surface area contributed by atoms with E-state index in [1.54, 1.807) is 45.2 Å². The van der Waals surface area contributed by atoms with Gasteiger partial charge in [-0.3, -0.25) is 4.79 Å². The van der Waals surface area contributed by atoms with Crippen LogP contribution in [0.1, 0.15) is 29.8 Å². The second-order valence-corrected chi connectivity index (χ2v) is 5.85. The van der Waals surface area contributed by atoms with Gasteiger partial charge in [0.15, 0.2) is 11.9 Å². The molecule has 0 N–H and O–H groups in total. The summed E-state index contributed by atoms with van der Waals surface area (Å²) in [4.78, 5) is 24.3. The number of ketones is 1. The maximum absolute atomic E-state index is 12.6. The number of esters is 1. The zero-order chi connectivity index (χ0) is 19.4. The molecule has 0 unspecified atom stereocenters. The lowest BCUT2D eigenvalue weighted by atomic mass is 10.1. The van der Waals surface area contributed by atoms with Crippen molar-refractivity contribution < 1.29 is 28.5 Å². The molecular weight excluding hydrogens is 348 g/mol. The molecule has 27 heavy (non-hydrogen) atoms. The van der Waals surface area contributed by atoms with Gasteiger partial charge in [0.1, 0.15) is 17.2 Å². The van der Waals surface area contributed by atoms with Crippen molar-refractivity contribution in [1.82, 2.24) is 0 Å². The van der Waals surface area contributed by atoms with Crippen molar-refractivity contribution >= 4 is 17.8 Å². The monoisotopic (exact) mass is 368 g/mol. The SMILES string of the molecule is CCOC(=O)[C@H](C)Oc1ccc2c(c1)OC(=Cc1ccccc1OC)C2=O. The van der Waals surface area contributed by atoms with Gasteiger partial charge >= 0.3 is 5.97 Å². The van der Waals surface area contributed by atoms with Crippen molar-refractivity contribution in [2.24, 2.45) is 0 Å². The van der Waals surface area contributed by atoms with Crippen LogP contribution in [-0.2, 0) is 9.53 Å². The van der Waals surface area contributed by atoms with Crippen LogP contribution in [0.25, 0.3) is 6.08 Å². The Bertz CT molecular complexity index is 899. The standard InChI is InChI=1S/C21H20O6/c1-4-25-21(23)13(2)26-15-9-10-16-18(12-15)27-19(20(16)22)11-14-7-5-6-8-17(14)24-3/h5-13H,4H2,1-3H3/t13-/m0/s1. The highest BCUT2D eigenvalue weighted by Crippen LogP contribution is 2.36. The third kappa shape index (κ3) is 3.95. The van der Waals surface area contributed by atoms with Gasteiger partial charge in [-0.15, -0.1) is 0 Å². The van der Waals surface area contributed by atoms with Gasteiger partial charge < -0.3 is 18.9 Å². The Morgan fingerprint density at radius 2 is 2.00 bits per heavy atom. The van der Waals surface area contributed by atoms with E-state index in [0.29, 0.717) is 22.8 Å². The lowest BCUT2D eigenvalue weighted by Crippen LogP contribution is -2.26. The number of rotatable bonds is 6. The van der Waals surface area contributed by atoms with Crippen LogP contribution < -0.4 is 14.2 Å². The van der Waals surface area contributed by atoms with E-state index in [1.165, 1.54) is 0 Å². The molecule has 6 nitrogen and oxygen atoms in total. The minimum absolute atomic E-state index is 0.199. The summed E-state index contributed by atoms with van der Waals surface area (Å²) in [5.41, 5.74) is 1.18. The Morgan fingerprint density at radius 1 is 1.22 bits per heavy atom. The predicted octanol–water partition coefficient (Wildman–Crippen LogP) is 3.64. The number of Topliss-reactive ketones (excluding diaryl/α,β-unsaturated/α-hetero) is 1. The van der Waals surface area contributed by atoms with Crippen LogP contribution in [0, 0.1) is 0 Å². The van der Waals surface area contributed by atoms with E-state index >= 15 is 0 Å². The zero-order valence-corrected chi connectivity index (χ0v) is 15.4. The molecule has 0 saturated heterocycles. The summed E-state index contributed by atoms with van der Waals surface area (Å²) in [5.74, 6) is 0.970. The molecule has 140 valence electrons. The highest BCUT2D eigenvalue weighted by atomic mass is 16.6. The summed E-state index contributed by atoms with van der Waals surface area (Å²) < 4.78 is 21.5. The molecular formula is C21H20O6. The fourth-order valence-corrected chi connectivity index (χ4v) is 2.68. The summed E-state index contributed by atoms with van der Waals surface area (Å²) in [6, 6.07) is 12.2. The quantitative estimate of drug-likeness (QED) is 0.573. The van der Waals surface area contributed by atoms with Gasteiger partial charge in [0.05, 0.1) is 19.3 Å². The van der Waals surface area contributed by atoms with Crippen molar-refractivity contribution in [1.29, 1.82) is 0 Å². The Labute approximate surface area is 157 Å². The summed E-state index contributed by atoms with van der Waals surface area (Å²) >= 11 is 0. The third-order valence-corrected chi connectivity index (χ3v) is 4.00. The van der Waals surface area contributed by atoms with Crippen LogP contribution >= 0.6 is 0 Å². The molecule has 0 aliphatic carbocycles. The first-order chi connectivity index (χ1) is 13.0. The Hall–Kier alpha value is -3.28. The minimum atomic E-state index is -0.760. The van der Waals surface area contributed by atoms with E-state index in [2.05, 4.69) is 0 Å². The largest absolute Gasteiger partial charge is 0.496 e. The molecule has 0 spiro atoms. The molecule has 0 bridgehead atoms. The maximum Gasteiger partial charge on any atom is 0.347 e. The first-order valence-corrected chi connectivity index (χ1v) is 8.58. The second-order valence-electron chi connectivity index (χ2n) is 5.85.